The third kappa shape index (κ3) is 4.20. The van der Waals surface area contributed by atoms with E-state index in [2.05, 4.69) is 38.3 Å². The van der Waals surface area contributed by atoms with Gasteiger partial charge in [0.2, 0.25) is 0 Å². The van der Waals surface area contributed by atoms with E-state index >= 15 is 0 Å². The molecule has 4 nitrogen and oxygen atoms in total. The lowest BCUT2D eigenvalue weighted by molar-refractivity contribution is -0.0166. The SMILES string of the molecule is CC(C)(C)OCC(CC1CCOc2ccccc21)NN. The van der Waals surface area contributed by atoms with E-state index in [-0.39, 0.29) is 11.6 Å². The summed E-state index contributed by atoms with van der Waals surface area (Å²) in [7, 11) is 0. The number of hydrazine groups is 1. The van der Waals surface area contributed by atoms with Crippen LogP contribution >= 0.6 is 0 Å². The summed E-state index contributed by atoms with van der Waals surface area (Å²) in [6, 6.07) is 8.43. The lowest BCUT2D eigenvalue weighted by Gasteiger charge is -2.30. The van der Waals surface area contributed by atoms with Crippen molar-refractivity contribution in [2.75, 3.05) is 13.2 Å². The van der Waals surface area contributed by atoms with Gasteiger partial charge >= 0.3 is 0 Å². The summed E-state index contributed by atoms with van der Waals surface area (Å²) in [4.78, 5) is 0. The van der Waals surface area contributed by atoms with E-state index in [9.17, 15) is 0 Å². The highest BCUT2D eigenvalue weighted by Gasteiger charge is 2.25. The van der Waals surface area contributed by atoms with Gasteiger partial charge in [0.15, 0.2) is 0 Å². The minimum absolute atomic E-state index is 0.136. The minimum Gasteiger partial charge on any atom is -0.493 e. The van der Waals surface area contributed by atoms with Crippen molar-refractivity contribution >= 4 is 0 Å². The van der Waals surface area contributed by atoms with Crippen molar-refractivity contribution in [3.05, 3.63) is 29.8 Å². The Morgan fingerprint density at radius 1 is 1.40 bits per heavy atom. The summed E-state index contributed by atoms with van der Waals surface area (Å²) in [6.07, 6.45) is 2.00. The summed E-state index contributed by atoms with van der Waals surface area (Å²) < 4.78 is 11.5. The van der Waals surface area contributed by atoms with E-state index in [1.807, 2.05) is 12.1 Å². The average Bonchev–Trinajstić information content (AvgIpc) is 2.42. The number of hydrogen-bond acceptors (Lipinski definition) is 4. The van der Waals surface area contributed by atoms with Gasteiger partial charge in [-0.05, 0) is 51.2 Å². The van der Waals surface area contributed by atoms with Crippen LogP contribution < -0.4 is 16.0 Å². The van der Waals surface area contributed by atoms with Crippen LogP contribution in [-0.4, -0.2) is 24.9 Å². The molecule has 1 aromatic carbocycles. The third-order valence-electron chi connectivity index (χ3n) is 3.60. The predicted molar refractivity (Wildman–Crippen MR) is 80.7 cm³/mol. The molecule has 1 aliphatic rings. The topological polar surface area (TPSA) is 56.5 Å². The summed E-state index contributed by atoms with van der Waals surface area (Å²) in [6.45, 7) is 7.58. The molecule has 0 radical (unpaired) electrons. The molecule has 0 fully saturated rings. The van der Waals surface area contributed by atoms with E-state index in [0.717, 1.165) is 25.2 Å². The second-order valence-corrected chi connectivity index (χ2v) is 6.39. The van der Waals surface area contributed by atoms with Crippen LogP contribution in [0.2, 0.25) is 0 Å². The summed E-state index contributed by atoms with van der Waals surface area (Å²) in [5.41, 5.74) is 4.04. The fourth-order valence-corrected chi connectivity index (χ4v) is 2.54. The standard InChI is InChI=1S/C16H26N2O2/c1-16(2,3)20-11-13(18-17)10-12-8-9-19-15-7-5-4-6-14(12)15/h4-7,12-13,18H,8-11,17H2,1-3H3. The highest BCUT2D eigenvalue weighted by atomic mass is 16.5. The third-order valence-corrected chi connectivity index (χ3v) is 3.60. The van der Waals surface area contributed by atoms with Crippen LogP contribution in [0.15, 0.2) is 24.3 Å². The molecule has 0 aliphatic carbocycles. The highest BCUT2D eigenvalue weighted by molar-refractivity contribution is 5.37. The van der Waals surface area contributed by atoms with Crippen LogP contribution in [-0.2, 0) is 4.74 Å². The van der Waals surface area contributed by atoms with E-state index < -0.39 is 0 Å². The molecular weight excluding hydrogens is 252 g/mol. The Morgan fingerprint density at radius 3 is 2.85 bits per heavy atom. The molecule has 1 aliphatic heterocycles. The van der Waals surface area contributed by atoms with Crippen molar-refractivity contribution in [1.82, 2.24) is 5.43 Å². The van der Waals surface area contributed by atoms with E-state index in [1.54, 1.807) is 0 Å². The van der Waals surface area contributed by atoms with Crippen LogP contribution in [0.1, 0.15) is 45.1 Å². The Labute approximate surface area is 121 Å². The first-order chi connectivity index (χ1) is 9.49. The maximum atomic E-state index is 5.84. The monoisotopic (exact) mass is 278 g/mol. The summed E-state index contributed by atoms with van der Waals surface area (Å²) >= 11 is 0. The predicted octanol–water partition coefficient (Wildman–Crippen LogP) is 2.59. The molecule has 1 aromatic rings. The van der Waals surface area contributed by atoms with Crippen molar-refractivity contribution in [3.63, 3.8) is 0 Å². The van der Waals surface area contributed by atoms with Gasteiger partial charge in [-0.2, -0.15) is 0 Å². The average molecular weight is 278 g/mol. The van der Waals surface area contributed by atoms with Crippen LogP contribution in [0.3, 0.4) is 0 Å². The van der Waals surface area contributed by atoms with Gasteiger partial charge in [0.25, 0.3) is 0 Å². The van der Waals surface area contributed by atoms with Gasteiger partial charge < -0.3 is 9.47 Å². The number of benzene rings is 1. The second kappa shape index (κ2) is 6.57. The van der Waals surface area contributed by atoms with Crippen molar-refractivity contribution in [2.24, 2.45) is 5.84 Å². The van der Waals surface area contributed by atoms with Gasteiger partial charge in [0.05, 0.1) is 18.8 Å². The van der Waals surface area contributed by atoms with Gasteiger partial charge in [0, 0.05) is 6.04 Å². The fourth-order valence-electron chi connectivity index (χ4n) is 2.54. The van der Waals surface area contributed by atoms with Crippen molar-refractivity contribution in [2.45, 2.75) is 51.2 Å². The number of hydrogen-bond donors (Lipinski definition) is 2. The van der Waals surface area contributed by atoms with Crippen LogP contribution in [0.25, 0.3) is 0 Å². The number of ether oxygens (including phenoxy) is 2. The fraction of sp³-hybridized carbons (Fsp3) is 0.625. The first kappa shape index (κ1) is 15.3. The van der Waals surface area contributed by atoms with Gasteiger partial charge in [0.1, 0.15) is 5.75 Å². The molecule has 0 spiro atoms. The smallest absolute Gasteiger partial charge is 0.122 e. The zero-order valence-electron chi connectivity index (χ0n) is 12.7. The normalized spacial score (nSPS) is 20.1. The quantitative estimate of drug-likeness (QED) is 0.642. The van der Waals surface area contributed by atoms with Gasteiger partial charge in [-0.3, -0.25) is 11.3 Å². The number of nitrogens with two attached hydrogens (primary N) is 1. The molecule has 2 unspecified atom stereocenters. The van der Waals surface area contributed by atoms with Crippen LogP contribution in [0.4, 0.5) is 0 Å². The molecule has 20 heavy (non-hydrogen) atoms. The van der Waals surface area contributed by atoms with Crippen molar-refractivity contribution in [1.29, 1.82) is 0 Å². The maximum Gasteiger partial charge on any atom is 0.122 e. The minimum atomic E-state index is -0.136. The Bertz CT molecular complexity index is 429. The molecule has 0 bridgehead atoms. The van der Waals surface area contributed by atoms with Crippen molar-refractivity contribution < 1.29 is 9.47 Å². The van der Waals surface area contributed by atoms with Crippen LogP contribution in [0, 0.1) is 0 Å². The lowest BCUT2D eigenvalue weighted by atomic mass is 9.88. The molecule has 0 amide bonds. The molecule has 2 rings (SSSR count). The Kier molecular flexibility index (Phi) is 5.02. The highest BCUT2D eigenvalue weighted by Crippen LogP contribution is 2.36. The Morgan fingerprint density at radius 2 is 2.15 bits per heavy atom. The number of rotatable bonds is 5. The van der Waals surface area contributed by atoms with Gasteiger partial charge in [-0.25, -0.2) is 0 Å². The molecular formula is C16H26N2O2. The van der Waals surface area contributed by atoms with Gasteiger partial charge in [-0.1, -0.05) is 18.2 Å². The summed E-state index contributed by atoms with van der Waals surface area (Å²) in [5.74, 6) is 7.16. The zero-order chi connectivity index (χ0) is 14.6. The Balaban J connectivity index is 1.98. The van der Waals surface area contributed by atoms with E-state index in [0.29, 0.717) is 12.5 Å². The number of nitrogens with one attached hydrogen (secondary N) is 1. The second-order valence-electron chi connectivity index (χ2n) is 6.39. The molecule has 0 saturated carbocycles. The first-order valence-corrected chi connectivity index (χ1v) is 7.31. The molecule has 3 N–H and O–H groups in total. The van der Waals surface area contributed by atoms with E-state index in [1.165, 1.54) is 5.56 Å². The van der Waals surface area contributed by atoms with Gasteiger partial charge in [-0.15, -0.1) is 0 Å². The molecule has 0 aromatic heterocycles. The molecule has 0 saturated heterocycles. The Hall–Kier alpha value is -1.10. The molecule has 112 valence electrons. The van der Waals surface area contributed by atoms with Crippen molar-refractivity contribution in [3.8, 4) is 5.75 Å². The number of fused-ring (bicyclic) bond motifs is 1. The number of para-hydroxylation sites is 1. The maximum absolute atomic E-state index is 5.84. The molecule has 2 atom stereocenters. The molecule has 1 heterocycles. The summed E-state index contributed by atoms with van der Waals surface area (Å²) in [5, 5.41) is 0. The zero-order valence-corrected chi connectivity index (χ0v) is 12.7. The first-order valence-electron chi connectivity index (χ1n) is 7.31. The van der Waals surface area contributed by atoms with E-state index in [4.69, 9.17) is 15.3 Å². The lowest BCUT2D eigenvalue weighted by Crippen LogP contribution is -2.42. The largest absolute Gasteiger partial charge is 0.493 e. The van der Waals surface area contributed by atoms with Crippen LogP contribution in [0.5, 0.6) is 5.75 Å². The molecule has 4 heteroatoms.